The zero-order valence-corrected chi connectivity index (χ0v) is 19.2. The van der Waals surface area contributed by atoms with Crippen molar-refractivity contribution in [1.29, 1.82) is 0 Å². The van der Waals surface area contributed by atoms with E-state index in [1.165, 1.54) is 6.26 Å². The van der Waals surface area contributed by atoms with E-state index in [4.69, 9.17) is 39.5 Å². The third-order valence-electron chi connectivity index (χ3n) is 5.46. The molecule has 2 aliphatic rings. The Hall–Kier alpha value is -1.99. The number of rotatable bonds is 6. The van der Waals surface area contributed by atoms with Crippen molar-refractivity contribution in [2.45, 2.75) is 12.8 Å². The Bertz CT molecular complexity index is 977. The highest BCUT2D eigenvalue weighted by atomic mass is 35.5. The van der Waals surface area contributed by atoms with Crippen molar-refractivity contribution in [3.05, 3.63) is 63.6 Å². The molecule has 3 heterocycles. The van der Waals surface area contributed by atoms with Crippen LogP contribution in [-0.4, -0.2) is 60.0 Å². The first kappa shape index (κ1) is 22.2. The molecule has 0 bridgehead atoms. The molecule has 0 aliphatic carbocycles. The molecular formula is C22H23Cl3N4O2. The van der Waals surface area contributed by atoms with Gasteiger partial charge in [-0.05, 0) is 43.7 Å². The highest BCUT2D eigenvalue weighted by molar-refractivity contribution is 6.31. The number of fused-ring (bicyclic) bond motifs is 1. The number of anilines is 1. The number of unbranched alkanes of at least 4 members (excludes halogenated alkanes) is 1. The van der Waals surface area contributed by atoms with Crippen LogP contribution in [0.25, 0.3) is 0 Å². The summed E-state index contributed by atoms with van der Waals surface area (Å²) in [6.45, 7) is 5.29. The monoisotopic (exact) mass is 480 g/mol. The summed E-state index contributed by atoms with van der Waals surface area (Å²) in [6.07, 6.45) is 3.21. The van der Waals surface area contributed by atoms with Crippen LogP contribution in [0.3, 0.4) is 0 Å². The summed E-state index contributed by atoms with van der Waals surface area (Å²) >= 11 is 18.3. The van der Waals surface area contributed by atoms with Gasteiger partial charge in [-0.15, -0.1) is 0 Å². The summed E-state index contributed by atoms with van der Waals surface area (Å²) in [6, 6.07) is 10.7. The molecule has 0 saturated carbocycles. The van der Waals surface area contributed by atoms with Crippen LogP contribution in [0.2, 0.25) is 10.2 Å². The van der Waals surface area contributed by atoms with Gasteiger partial charge in [-0.2, -0.15) is 0 Å². The molecule has 0 unspecified atom stereocenters. The molecule has 1 amide bonds. The number of benzene rings is 1. The van der Waals surface area contributed by atoms with Crippen LogP contribution in [0.4, 0.5) is 5.82 Å². The van der Waals surface area contributed by atoms with Crippen molar-refractivity contribution in [2.75, 3.05) is 44.2 Å². The molecule has 164 valence electrons. The lowest BCUT2D eigenvalue weighted by Gasteiger charge is -2.35. The van der Waals surface area contributed by atoms with Crippen LogP contribution in [0.1, 0.15) is 23.2 Å². The van der Waals surface area contributed by atoms with Crippen molar-refractivity contribution in [3.63, 3.8) is 0 Å². The van der Waals surface area contributed by atoms with E-state index in [1.54, 1.807) is 29.2 Å². The van der Waals surface area contributed by atoms with Crippen LogP contribution < -0.4 is 9.64 Å². The summed E-state index contributed by atoms with van der Waals surface area (Å²) in [5, 5.41) is 1.31. The maximum atomic E-state index is 12.9. The summed E-state index contributed by atoms with van der Waals surface area (Å²) in [7, 11) is 0. The van der Waals surface area contributed by atoms with Gasteiger partial charge in [-0.25, -0.2) is 4.98 Å². The van der Waals surface area contributed by atoms with Crippen LogP contribution in [-0.2, 0) is 0 Å². The zero-order chi connectivity index (χ0) is 21.8. The molecule has 1 fully saturated rings. The molecule has 2 aliphatic heterocycles. The van der Waals surface area contributed by atoms with Crippen molar-refractivity contribution in [2.24, 2.45) is 0 Å². The Morgan fingerprint density at radius 2 is 1.74 bits per heavy atom. The van der Waals surface area contributed by atoms with Gasteiger partial charge in [0.2, 0.25) is 0 Å². The Labute approximate surface area is 196 Å². The first-order valence-corrected chi connectivity index (χ1v) is 11.4. The molecule has 31 heavy (non-hydrogen) atoms. The van der Waals surface area contributed by atoms with Gasteiger partial charge in [0, 0.05) is 43.8 Å². The van der Waals surface area contributed by atoms with Gasteiger partial charge in [-0.3, -0.25) is 14.6 Å². The topological polar surface area (TPSA) is 48.9 Å². The van der Waals surface area contributed by atoms with Crippen molar-refractivity contribution in [3.8, 4) is 5.75 Å². The molecule has 9 heteroatoms. The van der Waals surface area contributed by atoms with E-state index in [2.05, 4.69) is 14.8 Å². The molecule has 0 spiro atoms. The van der Waals surface area contributed by atoms with E-state index in [9.17, 15) is 4.79 Å². The normalized spacial score (nSPS) is 17.1. The maximum absolute atomic E-state index is 12.9. The van der Waals surface area contributed by atoms with Gasteiger partial charge in [0.25, 0.3) is 5.91 Å². The van der Waals surface area contributed by atoms with Crippen LogP contribution in [0.5, 0.6) is 5.75 Å². The average molecular weight is 482 g/mol. The summed E-state index contributed by atoms with van der Waals surface area (Å²) in [5.41, 5.74) is 0.460. The number of pyridine rings is 1. The van der Waals surface area contributed by atoms with Crippen molar-refractivity contribution >= 4 is 46.5 Å². The van der Waals surface area contributed by atoms with E-state index in [-0.39, 0.29) is 11.1 Å². The second-order valence-electron chi connectivity index (χ2n) is 7.51. The fourth-order valence-electron chi connectivity index (χ4n) is 3.78. The van der Waals surface area contributed by atoms with Gasteiger partial charge in [0.15, 0.2) is 0 Å². The van der Waals surface area contributed by atoms with Crippen LogP contribution in [0.15, 0.2) is 47.8 Å². The molecule has 0 radical (unpaired) electrons. The predicted molar refractivity (Wildman–Crippen MR) is 124 cm³/mol. The van der Waals surface area contributed by atoms with Gasteiger partial charge in [0.05, 0.1) is 5.56 Å². The predicted octanol–water partition coefficient (Wildman–Crippen LogP) is 4.86. The van der Waals surface area contributed by atoms with Crippen LogP contribution in [0, 0.1) is 0 Å². The number of hydrogen-bond donors (Lipinski definition) is 0. The Morgan fingerprint density at radius 1 is 0.968 bits per heavy atom. The number of ether oxygens (including phenoxy) is 1. The summed E-state index contributed by atoms with van der Waals surface area (Å²) < 4.78 is 5.53. The van der Waals surface area contributed by atoms with Gasteiger partial charge < -0.3 is 9.64 Å². The number of carbonyl (C=O) groups is 1. The summed E-state index contributed by atoms with van der Waals surface area (Å²) in [5.74, 6) is 1.18. The van der Waals surface area contributed by atoms with Crippen molar-refractivity contribution < 1.29 is 9.53 Å². The second-order valence-corrected chi connectivity index (χ2v) is 8.72. The van der Waals surface area contributed by atoms with E-state index in [0.717, 1.165) is 51.4 Å². The number of amides is 1. The Balaban J connectivity index is 1.24. The minimum atomic E-state index is -0.173. The molecule has 1 aromatic carbocycles. The lowest BCUT2D eigenvalue weighted by atomic mass is 10.1. The number of carbonyl (C=O) groups excluding carboxylic acids is 1. The maximum Gasteiger partial charge on any atom is 0.262 e. The highest BCUT2D eigenvalue weighted by Crippen LogP contribution is 2.30. The third kappa shape index (κ3) is 5.44. The van der Waals surface area contributed by atoms with Gasteiger partial charge in [-0.1, -0.05) is 40.9 Å². The summed E-state index contributed by atoms with van der Waals surface area (Å²) in [4.78, 5) is 23.5. The number of halogens is 3. The van der Waals surface area contributed by atoms with E-state index >= 15 is 0 Å². The minimum absolute atomic E-state index is 0.173. The molecule has 4 rings (SSSR count). The average Bonchev–Trinajstić information content (AvgIpc) is 2.88. The number of nitrogens with zero attached hydrogens (tertiary/aromatic N) is 4. The minimum Gasteiger partial charge on any atom is -0.461 e. The van der Waals surface area contributed by atoms with E-state index in [1.807, 2.05) is 12.1 Å². The SMILES string of the molecule is O=C1c2ccc(Cl)cc2OC=C(Cl)N1CCCCN1CCN(c2cccc(Cl)n2)CC1. The van der Waals surface area contributed by atoms with Gasteiger partial charge in [0.1, 0.15) is 28.1 Å². The standard InChI is InChI=1S/C22H23Cl3N4O2/c23-16-6-7-17-18(14-16)31-15-20(25)29(22(17)30)9-2-1-8-27-10-12-28(13-11-27)21-5-3-4-19(24)26-21/h3-7,14-15H,1-2,8-13H2. The molecule has 6 nitrogen and oxygen atoms in total. The third-order valence-corrected chi connectivity index (χ3v) is 6.20. The number of piperazine rings is 1. The first-order valence-electron chi connectivity index (χ1n) is 10.2. The second kappa shape index (κ2) is 10.1. The molecule has 0 atom stereocenters. The number of aromatic nitrogens is 1. The molecule has 2 aromatic rings. The Kier molecular flexibility index (Phi) is 7.23. The fraction of sp³-hybridized carbons (Fsp3) is 0.364. The smallest absolute Gasteiger partial charge is 0.262 e. The first-order chi connectivity index (χ1) is 15.0. The zero-order valence-electron chi connectivity index (χ0n) is 16.9. The molecule has 1 saturated heterocycles. The lowest BCUT2D eigenvalue weighted by Crippen LogP contribution is -2.47. The van der Waals surface area contributed by atoms with E-state index < -0.39 is 0 Å². The van der Waals surface area contributed by atoms with Crippen LogP contribution >= 0.6 is 34.8 Å². The molecule has 0 N–H and O–H groups in total. The lowest BCUT2D eigenvalue weighted by molar-refractivity contribution is 0.0814. The highest BCUT2D eigenvalue weighted by Gasteiger charge is 2.25. The largest absolute Gasteiger partial charge is 0.461 e. The Morgan fingerprint density at radius 3 is 2.52 bits per heavy atom. The fourth-order valence-corrected chi connectivity index (χ4v) is 4.30. The van der Waals surface area contributed by atoms with Crippen molar-refractivity contribution in [1.82, 2.24) is 14.8 Å². The van der Waals surface area contributed by atoms with Gasteiger partial charge >= 0.3 is 0 Å². The quantitative estimate of drug-likeness (QED) is 0.335. The number of hydrogen-bond acceptors (Lipinski definition) is 5. The molecular weight excluding hydrogens is 459 g/mol. The van der Waals surface area contributed by atoms with E-state index in [0.29, 0.717) is 28.0 Å². The molecule has 1 aromatic heterocycles.